The van der Waals surface area contributed by atoms with Crippen molar-refractivity contribution in [3.8, 4) is 6.07 Å². The lowest BCUT2D eigenvalue weighted by Crippen LogP contribution is -2.41. The number of hydrogen-bond donors (Lipinski definition) is 0. The zero-order valence-corrected chi connectivity index (χ0v) is 12.8. The van der Waals surface area contributed by atoms with Crippen LogP contribution in [0, 0.1) is 11.3 Å². The maximum absolute atomic E-state index is 13.6. The zero-order valence-electron chi connectivity index (χ0n) is 12.8. The Balaban J connectivity index is 1.72. The minimum atomic E-state index is -1.69. The second kappa shape index (κ2) is 4.31. The van der Waals surface area contributed by atoms with E-state index in [4.69, 9.17) is 14.6 Å². The van der Waals surface area contributed by atoms with E-state index in [0.29, 0.717) is 0 Å². The van der Waals surface area contributed by atoms with Gasteiger partial charge in [-0.15, -0.1) is 0 Å². The summed E-state index contributed by atoms with van der Waals surface area (Å²) in [7, 11) is -0.463. The number of nitrogens with zero attached hydrogens (tertiary/aromatic N) is 3. The summed E-state index contributed by atoms with van der Waals surface area (Å²) in [4.78, 5) is 0. The molecule has 1 aromatic heterocycles. The van der Waals surface area contributed by atoms with E-state index >= 15 is 0 Å². The molecule has 2 heterocycles. The highest BCUT2D eigenvalue weighted by Gasteiger charge is 2.52. The van der Waals surface area contributed by atoms with Crippen molar-refractivity contribution in [2.24, 2.45) is 0 Å². The first-order valence-corrected chi connectivity index (χ1v) is 7.16. The molecule has 0 unspecified atom stereocenters. The van der Waals surface area contributed by atoms with Gasteiger partial charge in [0.25, 0.3) is 0 Å². The molecule has 0 spiro atoms. The molecule has 1 saturated carbocycles. The van der Waals surface area contributed by atoms with Crippen molar-refractivity contribution >= 4 is 12.6 Å². The Kier molecular flexibility index (Phi) is 2.98. The molecular weight excluding hydrogens is 272 g/mol. The van der Waals surface area contributed by atoms with Crippen molar-refractivity contribution in [3.63, 3.8) is 0 Å². The van der Waals surface area contributed by atoms with Crippen molar-refractivity contribution in [2.45, 2.75) is 63.4 Å². The summed E-state index contributed by atoms with van der Waals surface area (Å²) in [5, 5.41) is 13.0. The van der Waals surface area contributed by atoms with Crippen LogP contribution in [0.1, 0.15) is 46.6 Å². The maximum atomic E-state index is 13.6. The van der Waals surface area contributed by atoms with Gasteiger partial charge in [0.05, 0.1) is 17.2 Å². The number of rotatable bonds is 2. The molecule has 5 nitrogen and oxygen atoms in total. The molecule has 7 heteroatoms. The molecule has 0 bridgehead atoms. The van der Waals surface area contributed by atoms with Gasteiger partial charge in [-0.3, -0.25) is 4.68 Å². The summed E-state index contributed by atoms with van der Waals surface area (Å²) in [6, 6.07) is 1.64. The van der Waals surface area contributed by atoms with Crippen molar-refractivity contribution in [1.29, 1.82) is 5.26 Å². The third-order valence-electron chi connectivity index (χ3n) is 4.84. The summed E-state index contributed by atoms with van der Waals surface area (Å²) >= 11 is 0. The van der Waals surface area contributed by atoms with Gasteiger partial charge in [-0.05, 0) is 27.7 Å². The predicted molar refractivity (Wildman–Crippen MR) is 75.7 cm³/mol. The van der Waals surface area contributed by atoms with Crippen LogP contribution in [0.3, 0.4) is 0 Å². The lowest BCUT2D eigenvalue weighted by atomic mass is 9.78. The smallest absolute Gasteiger partial charge is 0.399 e. The second-order valence-corrected chi connectivity index (χ2v) is 6.98. The molecule has 1 aliphatic carbocycles. The first kappa shape index (κ1) is 14.5. The predicted octanol–water partition coefficient (Wildman–Crippen LogP) is 1.75. The quantitative estimate of drug-likeness (QED) is 0.779. The summed E-state index contributed by atoms with van der Waals surface area (Å²) in [5.41, 5.74) is -1.67. The van der Waals surface area contributed by atoms with Crippen LogP contribution in [0.5, 0.6) is 0 Å². The topological polar surface area (TPSA) is 60.1 Å². The highest BCUT2D eigenvalue weighted by molar-refractivity contribution is 6.62. The Morgan fingerprint density at radius 2 is 1.90 bits per heavy atom. The van der Waals surface area contributed by atoms with Crippen molar-refractivity contribution in [2.75, 3.05) is 0 Å². The average Bonchev–Trinajstić information content (AvgIpc) is 2.89. The van der Waals surface area contributed by atoms with Crippen LogP contribution in [-0.4, -0.2) is 33.8 Å². The van der Waals surface area contributed by atoms with E-state index in [2.05, 4.69) is 5.10 Å². The molecule has 3 rings (SSSR count). The number of alkyl halides is 1. The number of hydrogen-bond acceptors (Lipinski definition) is 4. The third-order valence-corrected chi connectivity index (χ3v) is 4.84. The Morgan fingerprint density at radius 1 is 1.33 bits per heavy atom. The van der Waals surface area contributed by atoms with Gasteiger partial charge in [-0.25, -0.2) is 4.39 Å². The molecule has 1 aromatic rings. The monoisotopic (exact) mass is 291 g/mol. The maximum Gasteiger partial charge on any atom is 0.498 e. The van der Waals surface area contributed by atoms with Gasteiger partial charge in [0.2, 0.25) is 0 Å². The minimum Gasteiger partial charge on any atom is -0.399 e. The minimum absolute atomic E-state index is 0.0641. The highest BCUT2D eigenvalue weighted by atomic mass is 19.1. The SMILES string of the molecule is CC1(C)OB(c2cnn(C3CC(F)(C#N)C3)c2)OC1(C)C. The Labute approximate surface area is 124 Å². The van der Waals surface area contributed by atoms with Gasteiger partial charge in [-0.2, -0.15) is 10.4 Å². The molecule has 2 fully saturated rings. The first-order valence-electron chi connectivity index (χ1n) is 7.16. The zero-order chi connectivity index (χ0) is 15.5. The summed E-state index contributed by atoms with van der Waals surface area (Å²) in [6.07, 6.45) is 3.89. The lowest BCUT2D eigenvalue weighted by molar-refractivity contribution is 0.00578. The molecule has 0 amide bonds. The van der Waals surface area contributed by atoms with Gasteiger partial charge in [-0.1, -0.05) is 0 Å². The molecule has 21 heavy (non-hydrogen) atoms. The molecule has 0 aromatic carbocycles. The van der Waals surface area contributed by atoms with E-state index in [9.17, 15) is 4.39 Å². The van der Waals surface area contributed by atoms with E-state index in [1.54, 1.807) is 16.9 Å². The average molecular weight is 291 g/mol. The fourth-order valence-electron chi connectivity index (χ4n) is 2.62. The summed E-state index contributed by atoms with van der Waals surface area (Å²) < 4.78 is 27.2. The van der Waals surface area contributed by atoms with Crippen LogP contribution in [0.15, 0.2) is 12.4 Å². The number of nitriles is 1. The van der Waals surface area contributed by atoms with Crippen LogP contribution in [0.4, 0.5) is 4.39 Å². The Morgan fingerprint density at radius 3 is 2.43 bits per heavy atom. The van der Waals surface area contributed by atoms with Crippen LogP contribution < -0.4 is 5.46 Å². The van der Waals surface area contributed by atoms with Crippen LogP contribution >= 0.6 is 0 Å². The molecule has 0 atom stereocenters. The molecule has 2 aliphatic rings. The fourth-order valence-corrected chi connectivity index (χ4v) is 2.62. The molecule has 112 valence electrons. The van der Waals surface area contributed by atoms with Crippen molar-refractivity contribution < 1.29 is 13.7 Å². The highest BCUT2D eigenvalue weighted by Crippen LogP contribution is 2.43. The van der Waals surface area contributed by atoms with Gasteiger partial charge in [0.1, 0.15) is 6.07 Å². The third kappa shape index (κ3) is 2.27. The van der Waals surface area contributed by atoms with E-state index < -0.39 is 24.0 Å². The summed E-state index contributed by atoms with van der Waals surface area (Å²) in [6.45, 7) is 7.98. The largest absolute Gasteiger partial charge is 0.498 e. The Hall–Kier alpha value is -1.39. The second-order valence-electron chi connectivity index (χ2n) is 6.98. The van der Waals surface area contributed by atoms with Gasteiger partial charge in [0.15, 0.2) is 5.67 Å². The van der Waals surface area contributed by atoms with Crippen LogP contribution in [0.25, 0.3) is 0 Å². The van der Waals surface area contributed by atoms with Crippen molar-refractivity contribution in [3.05, 3.63) is 12.4 Å². The molecular formula is C14H19BFN3O2. The van der Waals surface area contributed by atoms with E-state index in [1.165, 1.54) is 0 Å². The standard InChI is InChI=1S/C14H19BFN3O2/c1-12(2)13(3,4)21-15(20-12)10-7-18-19(8-10)11-5-14(16,6-11)9-17/h7-8,11H,5-6H2,1-4H3. The molecule has 1 aliphatic heterocycles. The first-order chi connectivity index (χ1) is 9.66. The van der Waals surface area contributed by atoms with Gasteiger partial charge < -0.3 is 9.31 Å². The Bertz CT molecular complexity index is 586. The lowest BCUT2D eigenvalue weighted by Gasteiger charge is -2.35. The molecule has 0 N–H and O–H groups in total. The van der Waals surface area contributed by atoms with Crippen molar-refractivity contribution in [1.82, 2.24) is 9.78 Å². The summed E-state index contributed by atoms with van der Waals surface area (Å²) in [5.74, 6) is 0. The molecule has 0 radical (unpaired) electrons. The van der Waals surface area contributed by atoms with E-state index in [1.807, 2.05) is 33.9 Å². The normalized spacial score (nSPS) is 33.5. The fraction of sp³-hybridized carbons (Fsp3) is 0.714. The van der Waals surface area contributed by atoms with Crippen LogP contribution in [-0.2, 0) is 9.31 Å². The number of aromatic nitrogens is 2. The van der Waals surface area contributed by atoms with E-state index in [0.717, 1.165) is 5.46 Å². The molecule has 1 saturated heterocycles. The van der Waals surface area contributed by atoms with Gasteiger partial charge in [0, 0.05) is 30.7 Å². The van der Waals surface area contributed by atoms with Gasteiger partial charge >= 0.3 is 7.12 Å². The van der Waals surface area contributed by atoms with E-state index in [-0.39, 0.29) is 18.9 Å². The number of halogens is 1. The van der Waals surface area contributed by atoms with Crippen LogP contribution in [0.2, 0.25) is 0 Å².